The van der Waals surface area contributed by atoms with E-state index in [9.17, 15) is 25.2 Å². The SMILES string of the molecule is COc1c(Nc2cc(Nc3cc(C(C)(C)O)ccn3)nnc2C(=O)NC(O)(O)O)cccc1/C(N)=C/N(N)CCN1CCOCC1. The number of carbonyl (C=O) groups excluding carboxylic acids is 1. The zero-order valence-corrected chi connectivity index (χ0v) is 25.8. The molecule has 3 aromatic rings. The minimum Gasteiger partial charge on any atom is -0.494 e. The second-order valence-corrected chi connectivity index (χ2v) is 11.0. The summed E-state index contributed by atoms with van der Waals surface area (Å²) in [5.41, 5.74) is 6.67. The molecule has 0 aliphatic carbocycles. The summed E-state index contributed by atoms with van der Waals surface area (Å²) in [7, 11) is 1.44. The Labute approximate surface area is 265 Å². The van der Waals surface area contributed by atoms with Crippen LogP contribution < -0.4 is 32.3 Å². The van der Waals surface area contributed by atoms with Gasteiger partial charge in [0.2, 0.25) is 0 Å². The predicted octanol–water partition coefficient (Wildman–Crippen LogP) is -0.322. The molecule has 248 valence electrons. The number of nitrogens with two attached hydrogens (primary N) is 2. The highest BCUT2D eigenvalue weighted by Crippen LogP contribution is 2.35. The number of para-hydroxylation sites is 1. The van der Waals surface area contributed by atoms with Gasteiger partial charge in [-0.15, -0.1) is 10.2 Å². The van der Waals surface area contributed by atoms with E-state index in [0.29, 0.717) is 53.8 Å². The van der Waals surface area contributed by atoms with Crippen LogP contribution >= 0.6 is 0 Å². The van der Waals surface area contributed by atoms with E-state index in [4.69, 9.17) is 21.1 Å². The molecule has 3 heterocycles. The Balaban J connectivity index is 1.63. The highest BCUT2D eigenvalue weighted by Gasteiger charge is 2.27. The Bertz CT molecular complexity index is 1540. The molecule has 2 aromatic heterocycles. The normalized spacial score (nSPS) is 14.5. The summed E-state index contributed by atoms with van der Waals surface area (Å²) in [5, 5.41) is 55.4. The number of nitrogens with zero attached hydrogens (tertiary/aromatic N) is 5. The van der Waals surface area contributed by atoms with Crippen LogP contribution in [0.1, 0.15) is 35.5 Å². The summed E-state index contributed by atoms with van der Waals surface area (Å²) in [4.78, 5) is 19.3. The third-order valence-corrected chi connectivity index (χ3v) is 6.90. The summed E-state index contributed by atoms with van der Waals surface area (Å²) < 4.78 is 11.1. The smallest absolute Gasteiger partial charge is 0.369 e. The molecule has 0 radical (unpaired) electrons. The molecule has 1 aliphatic heterocycles. The molecule has 1 amide bonds. The summed E-state index contributed by atoms with van der Waals surface area (Å²) in [6, 6.07) is 9.79. The molecule has 1 aromatic carbocycles. The van der Waals surface area contributed by atoms with Gasteiger partial charge in [0.1, 0.15) is 5.82 Å². The first kappa shape index (κ1) is 34.3. The van der Waals surface area contributed by atoms with Crippen molar-refractivity contribution in [2.75, 3.05) is 57.1 Å². The predicted molar refractivity (Wildman–Crippen MR) is 168 cm³/mol. The number of nitrogens with one attached hydrogen (secondary N) is 3. The molecule has 1 saturated heterocycles. The van der Waals surface area contributed by atoms with Gasteiger partial charge in [-0.25, -0.2) is 10.8 Å². The van der Waals surface area contributed by atoms with Crippen LogP contribution in [-0.4, -0.2) is 104 Å². The number of rotatable bonds is 13. The van der Waals surface area contributed by atoms with Crippen LogP contribution in [-0.2, 0) is 10.3 Å². The summed E-state index contributed by atoms with van der Waals surface area (Å²) in [6.07, 6.45) is -0.414. The molecular weight excluding hydrogens is 600 g/mol. The number of hydrogen-bond acceptors (Lipinski definition) is 16. The van der Waals surface area contributed by atoms with Crippen LogP contribution in [0.2, 0.25) is 0 Å². The zero-order chi connectivity index (χ0) is 33.5. The molecule has 4 rings (SSSR count). The number of morpholine rings is 1. The number of aliphatic hydroxyl groups is 4. The van der Waals surface area contributed by atoms with Gasteiger partial charge in [0, 0.05) is 50.2 Å². The van der Waals surface area contributed by atoms with Gasteiger partial charge in [0.25, 0.3) is 5.91 Å². The Morgan fingerprint density at radius 1 is 1.09 bits per heavy atom. The maximum absolute atomic E-state index is 12.8. The molecule has 17 nitrogen and oxygen atoms in total. The van der Waals surface area contributed by atoms with Gasteiger partial charge in [-0.3, -0.25) is 15.0 Å². The Hall–Kier alpha value is -4.62. The van der Waals surface area contributed by atoms with Crippen LogP contribution in [0.25, 0.3) is 5.70 Å². The fourth-order valence-electron chi connectivity index (χ4n) is 4.56. The first-order valence-corrected chi connectivity index (χ1v) is 14.3. The molecule has 1 aliphatic rings. The number of hydrogen-bond donors (Lipinski definition) is 9. The second-order valence-electron chi connectivity index (χ2n) is 11.0. The van der Waals surface area contributed by atoms with Crippen molar-refractivity contribution in [2.24, 2.45) is 11.6 Å². The Morgan fingerprint density at radius 2 is 1.83 bits per heavy atom. The number of benzene rings is 1. The van der Waals surface area contributed by atoms with Crippen molar-refractivity contribution in [1.29, 1.82) is 0 Å². The van der Waals surface area contributed by atoms with Crippen molar-refractivity contribution in [3.63, 3.8) is 0 Å². The zero-order valence-electron chi connectivity index (χ0n) is 25.8. The highest BCUT2D eigenvalue weighted by atomic mass is 16.7. The largest absolute Gasteiger partial charge is 0.494 e. The lowest BCUT2D eigenvalue weighted by atomic mass is 10.00. The third-order valence-electron chi connectivity index (χ3n) is 6.90. The van der Waals surface area contributed by atoms with Crippen molar-refractivity contribution in [3.8, 4) is 5.75 Å². The number of anilines is 4. The molecule has 0 saturated carbocycles. The lowest BCUT2D eigenvalue weighted by Gasteiger charge is -2.28. The maximum atomic E-state index is 12.8. The second kappa shape index (κ2) is 14.6. The number of carbonyl (C=O) groups is 1. The molecule has 11 N–H and O–H groups in total. The number of pyridine rings is 1. The van der Waals surface area contributed by atoms with Gasteiger partial charge in [-0.2, -0.15) is 0 Å². The van der Waals surface area contributed by atoms with Gasteiger partial charge in [-0.1, -0.05) is 6.07 Å². The van der Waals surface area contributed by atoms with Crippen LogP contribution in [0.3, 0.4) is 0 Å². The van der Waals surface area contributed by atoms with Gasteiger partial charge in [0.15, 0.2) is 17.3 Å². The molecule has 1 fully saturated rings. The van der Waals surface area contributed by atoms with Gasteiger partial charge in [-0.05, 0) is 43.7 Å². The molecular formula is C29H40N10O7. The minimum atomic E-state index is -3.51. The topological polar surface area (TPSA) is 250 Å². The van der Waals surface area contributed by atoms with Gasteiger partial charge in [0.05, 0.1) is 43.0 Å². The van der Waals surface area contributed by atoms with Crippen LogP contribution in [0, 0.1) is 0 Å². The van der Waals surface area contributed by atoms with Crippen molar-refractivity contribution >= 4 is 34.6 Å². The average molecular weight is 641 g/mol. The molecule has 17 heteroatoms. The number of methoxy groups -OCH3 is 1. The van der Waals surface area contributed by atoms with E-state index in [1.807, 2.05) is 0 Å². The summed E-state index contributed by atoms with van der Waals surface area (Å²) in [5.74, 6) is 5.82. The number of aromatic nitrogens is 3. The van der Waals surface area contributed by atoms with Gasteiger partial charge >= 0.3 is 6.10 Å². The highest BCUT2D eigenvalue weighted by molar-refractivity contribution is 5.99. The fraction of sp³-hybridized carbons (Fsp3) is 0.379. The standard InChI is InChI=1S/C29H40N10O7/c1-28(2,41)18-7-8-32-23(15-18)34-24-16-22(25(37-36-24)27(40)35-29(42,43)44)33-21-6-4-5-19(26(21)45-3)20(30)17-39(31)10-9-38-11-13-46-14-12-38/h4-8,15-17,41-44H,9-14,30-31H2,1-3H3,(H,35,40)(H2,32,33,34,36)/b20-17-. The van der Waals surface area contributed by atoms with Crippen molar-refractivity contribution in [2.45, 2.75) is 25.5 Å². The van der Waals surface area contributed by atoms with E-state index < -0.39 is 23.3 Å². The van der Waals surface area contributed by atoms with Crippen molar-refractivity contribution < 1.29 is 34.7 Å². The van der Waals surface area contributed by atoms with Crippen molar-refractivity contribution in [3.05, 3.63) is 65.6 Å². The van der Waals surface area contributed by atoms with Crippen molar-refractivity contribution in [1.82, 2.24) is 30.4 Å². The Kier molecular flexibility index (Phi) is 10.9. The Morgan fingerprint density at radius 3 is 2.50 bits per heavy atom. The summed E-state index contributed by atoms with van der Waals surface area (Å²) >= 11 is 0. The van der Waals surface area contributed by atoms with E-state index >= 15 is 0 Å². The van der Waals surface area contributed by atoms with Crippen LogP contribution in [0.15, 0.2) is 48.8 Å². The van der Waals surface area contributed by atoms with E-state index in [2.05, 4.69) is 30.7 Å². The molecule has 0 spiro atoms. The fourth-order valence-corrected chi connectivity index (χ4v) is 4.56. The third kappa shape index (κ3) is 9.44. The first-order chi connectivity index (χ1) is 21.7. The monoisotopic (exact) mass is 640 g/mol. The quantitative estimate of drug-likeness (QED) is 0.0659. The number of ether oxygens (including phenoxy) is 2. The van der Waals surface area contributed by atoms with E-state index in [-0.39, 0.29) is 11.5 Å². The first-order valence-electron chi connectivity index (χ1n) is 14.3. The average Bonchev–Trinajstić information content (AvgIpc) is 2.99. The van der Waals surface area contributed by atoms with E-state index in [0.717, 1.165) is 19.6 Å². The summed E-state index contributed by atoms with van der Waals surface area (Å²) in [6.45, 7) is 7.53. The lowest BCUT2D eigenvalue weighted by molar-refractivity contribution is -0.323. The van der Waals surface area contributed by atoms with E-state index in [1.54, 1.807) is 55.7 Å². The maximum Gasteiger partial charge on any atom is 0.369 e. The minimum absolute atomic E-state index is 0.0295. The van der Waals surface area contributed by atoms with Crippen LogP contribution in [0.5, 0.6) is 5.75 Å². The molecule has 0 atom stereocenters. The molecule has 0 unspecified atom stereocenters. The molecule has 46 heavy (non-hydrogen) atoms. The van der Waals surface area contributed by atoms with Crippen LogP contribution in [0.4, 0.5) is 23.0 Å². The number of hydrazine groups is 1. The number of amides is 1. The molecule has 0 bridgehead atoms. The lowest BCUT2D eigenvalue weighted by Crippen LogP contribution is -2.48. The van der Waals surface area contributed by atoms with E-state index in [1.165, 1.54) is 24.4 Å². The van der Waals surface area contributed by atoms with Gasteiger partial charge < -0.3 is 51.3 Å².